The Hall–Kier alpha value is -3.33. The number of hydrogen-bond acceptors (Lipinski definition) is 7. The number of hydrogen-bond donors (Lipinski definition) is 2. The molecule has 3 heterocycles. The van der Waals surface area contributed by atoms with Gasteiger partial charge in [0.15, 0.2) is 17.5 Å². The summed E-state index contributed by atoms with van der Waals surface area (Å²) in [7, 11) is 0. The van der Waals surface area contributed by atoms with Crippen LogP contribution >= 0.6 is 0 Å². The summed E-state index contributed by atoms with van der Waals surface area (Å²) in [6.07, 6.45) is 4.11. The molecular weight excluding hydrogens is 414 g/mol. The van der Waals surface area contributed by atoms with Crippen molar-refractivity contribution in [3.8, 4) is 11.5 Å². The SMILES string of the molecule is Nc1cc(N2CCCCCC(O)N(c3ccc(F)c(F)c3)CC2)nc(-c2ccccn2)n1. The Kier molecular flexibility index (Phi) is 6.75. The van der Waals surface area contributed by atoms with Gasteiger partial charge in [0.2, 0.25) is 0 Å². The van der Waals surface area contributed by atoms with Crippen molar-refractivity contribution < 1.29 is 13.9 Å². The second kappa shape index (κ2) is 9.86. The maximum Gasteiger partial charge on any atom is 0.182 e. The van der Waals surface area contributed by atoms with Gasteiger partial charge in [0.25, 0.3) is 0 Å². The molecule has 0 aliphatic carbocycles. The summed E-state index contributed by atoms with van der Waals surface area (Å²) in [5.74, 6) is -0.407. The lowest BCUT2D eigenvalue weighted by Crippen LogP contribution is -2.42. The van der Waals surface area contributed by atoms with Crippen molar-refractivity contribution in [2.75, 3.05) is 35.2 Å². The van der Waals surface area contributed by atoms with Crippen molar-refractivity contribution in [1.29, 1.82) is 0 Å². The molecule has 1 aromatic carbocycles. The van der Waals surface area contributed by atoms with Gasteiger partial charge in [0, 0.05) is 43.7 Å². The Morgan fingerprint density at radius 2 is 1.81 bits per heavy atom. The van der Waals surface area contributed by atoms with Crippen LogP contribution in [0.1, 0.15) is 25.7 Å². The van der Waals surface area contributed by atoms with Crippen molar-refractivity contribution in [3.63, 3.8) is 0 Å². The Morgan fingerprint density at radius 1 is 0.938 bits per heavy atom. The minimum Gasteiger partial charge on any atom is -0.384 e. The van der Waals surface area contributed by atoms with Gasteiger partial charge in [0.1, 0.15) is 23.6 Å². The van der Waals surface area contributed by atoms with Gasteiger partial charge in [-0.3, -0.25) is 4.98 Å². The predicted molar refractivity (Wildman–Crippen MR) is 120 cm³/mol. The summed E-state index contributed by atoms with van der Waals surface area (Å²) in [5.41, 5.74) is 7.13. The van der Waals surface area contributed by atoms with Gasteiger partial charge < -0.3 is 20.6 Å². The highest BCUT2D eigenvalue weighted by Crippen LogP contribution is 2.25. The van der Waals surface area contributed by atoms with E-state index in [2.05, 4.69) is 19.9 Å². The van der Waals surface area contributed by atoms with E-state index >= 15 is 0 Å². The standard InChI is InChI=1S/C23H26F2N6O/c24-17-9-8-16(14-18(17)25)31-13-12-30(11-5-1-2-7-22(31)32)21-15-20(26)28-23(29-21)19-6-3-4-10-27-19/h3-4,6,8-10,14-15,22,32H,1-2,5,7,11-13H2,(H2,26,28,29). The predicted octanol–water partition coefficient (Wildman–Crippen LogP) is 3.60. The molecule has 0 amide bonds. The second-order valence-electron chi connectivity index (χ2n) is 7.80. The summed E-state index contributed by atoms with van der Waals surface area (Å²) in [4.78, 5) is 17.1. The zero-order valence-corrected chi connectivity index (χ0v) is 17.7. The van der Waals surface area contributed by atoms with Gasteiger partial charge in [-0.05, 0) is 43.5 Å². The summed E-state index contributed by atoms with van der Waals surface area (Å²) in [5, 5.41) is 10.7. The Balaban J connectivity index is 1.61. The van der Waals surface area contributed by atoms with Crippen LogP contribution in [0.2, 0.25) is 0 Å². The van der Waals surface area contributed by atoms with E-state index in [0.29, 0.717) is 48.4 Å². The number of rotatable bonds is 3. The van der Waals surface area contributed by atoms with Gasteiger partial charge in [-0.15, -0.1) is 0 Å². The fraction of sp³-hybridized carbons (Fsp3) is 0.348. The van der Waals surface area contributed by atoms with E-state index in [1.54, 1.807) is 17.2 Å². The van der Waals surface area contributed by atoms with Crippen molar-refractivity contribution >= 4 is 17.3 Å². The van der Waals surface area contributed by atoms with E-state index < -0.39 is 17.9 Å². The number of aliphatic hydroxyl groups is 1. The molecule has 1 atom stereocenters. The minimum absolute atomic E-state index is 0.338. The number of halogens is 2. The number of nitrogens with two attached hydrogens (primary N) is 1. The van der Waals surface area contributed by atoms with Crippen LogP contribution in [0.15, 0.2) is 48.7 Å². The number of pyridine rings is 1. The molecule has 168 valence electrons. The molecular formula is C23H26F2N6O. The zero-order valence-electron chi connectivity index (χ0n) is 17.7. The topological polar surface area (TPSA) is 91.4 Å². The van der Waals surface area contributed by atoms with E-state index in [1.165, 1.54) is 6.07 Å². The first kappa shape index (κ1) is 21.9. The molecule has 9 heteroatoms. The number of aromatic nitrogens is 3. The summed E-state index contributed by atoms with van der Waals surface area (Å²) in [6, 6.07) is 10.9. The molecule has 0 saturated carbocycles. The molecule has 2 aromatic heterocycles. The molecule has 1 unspecified atom stereocenters. The van der Waals surface area contributed by atoms with Gasteiger partial charge >= 0.3 is 0 Å². The first-order valence-electron chi connectivity index (χ1n) is 10.7. The maximum atomic E-state index is 13.8. The lowest BCUT2D eigenvalue weighted by Gasteiger charge is -2.34. The molecule has 7 nitrogen and oxygen atoms in total. The van der Waals surface area contributed by atoms with E-state index in [9.17, 15) is 13.9 Å². The van der Waals surface area contributed by atoms with Gasteiger partial charge in [-0.1, -0.05) is 12.5 Å². The fourth-order valence-electron chi connectivity index (χ4n) is 3.87. The van der Waals surface area contributed by atoms with Crippen LogP contribution in [0.4, 0.5) is 26.1 Å². The molecule has 1 aliphatic heterocycles. The van der Waals surface area contributed by atoms with E-state index in [4.69, 9.17) is 5.73 Å². The quantitative estimate of drug-likeness (QED) is 0.643. The van der Waals surface area contributed by atoms with Crippen LogP contribution in [-0.2, 0) is 0 Å². The third kappa shape index (κ3) is 5.11. The Morgan fingerprint density at radius 3 is 2.59 bits per heavy atom. The fourth-order valence-corrected chi connectivity index (χ4v) is 3.87. The molecule has 0 spiro atoms. The molecule has 3 aromatic rings. The Labute approximate surface area is 185 Å². The highest BCUT2D eigenvalue weighted by molar-refractivity contribution is 5.58. The van der Waals surface area contributed by atoms with Crippen molar-refractivity contribution in [2.24, 2.45) is 0 Å². The van der Waals surface area contributed by atoms with Crippen molar-refractivity contribution in [1.82, 2.24) is 15.0 Å². The molecule has 1 fully saturated rings. The lowest BCUT2D eigenvalue weighted by atomic mass is 10.1. The number of nitrogen functional groups attached to an aromatic ring is 1. The average molecular weight is 440 g/mol. The largest absolute Gasteiger partial charge is 0.384 e. The van der Waals surface area contributed by atoms with Crippen molar-refractivity contribution in [2.45, 2.75) is 31.9 Å². The first-order chi connectivity index (χ1) is 15.5. The van der Waals surface area contributed by atoms with E-state index in [-0.39, 0.29) is 0 Å². The molecule has 32 heavy (non-hydrogen) atoms. The van der Waals surface area contributed by atoms with Crippen LogP contribution in [0.25, 0.3) is 11.5 Å². The van der Waals surface area contributed by atoms with Crippen LogP contribution < -0.4 is 15.5 Å². The maximum absolute atomic E-state index is 13.8. The smallest absolute Gasteiger partial charge is 0.182 e. The van der Waals surface area contributed by atoms with Crippen molar-refractivity contribution in [3.05, 3.63) is 60.3 Å². The van der Waals surface area contributed by atoms with Crippen LogP contribution in [0, 0.1) is 11.6 Å². The van der Waals surface area contributed by atoms with Crippen LogP contribution in [-0.4, -0.2) is 45.9 Å². The second-order valence-corrected chi connectivity index (χ2v) is 7.80. The lowest BCUT2D eigenvalue weighted by molar-refractivity contribution is 0.154. The highest BCUT2D eigenvalue weighted by atomic mass is 19.2. The summed E-state index contributed by atoms with van der Waals surface area (Å²) < 4.78 is 27.3. The molecule has 0 radical (unpaired) electrons. The number of nitrogens with zero attached hydrogens (tertiary/aromatic N) is 5. The van der Waals surface area contributed by atoms with Gasteiger partial charge in [0.05, 0.1) is 0 Å². The highest BCUT2D eigenvalue weighted by Gasteiger charge is 2.21. The molecule has 0 bridgehead atoms. The number of benzene rings is 1. The third-order valence-corrected chi connectivity index (χ3v) is 5.55. The molecule has 4 rings (SSSR count). The third-order valence-electron chi connectivity index (χ3n) is 5.55. The summed E-state index contributed by atoms with van der Waals surface area (Å²) in [6.45, 7) is 1.66. The zero-order chi connectivity index (χ0) is 22.5. The number of aliphatic hydroxyl groups excluding tert-OH is 1. The molecule has 3 N–H and O–H groups in total. The van der Waals surface area contributed by atoms with Gasteiger partial charge in [-0.25, -0.2) is 18.7 Å². The van der Waals surface area contributed by atoms with E-state index in [0.717, 1.165) is 37.9 Å². The number of anilines is 3. The first-order valence-corrected chi connectivity index (χ1v) is 10.7. The van der Waals surface area contributed by atoms with Gasteiger partial charge in [-0.2, -0.15) is 0 Å². The normalized spacial score (nSPS) is 17.9. The monoisotopic (exact) mass is 440 g/mol. The summed E-state index contributed by atoms with van der Waals surface area (Å²) >= 11 is 0. The van der Waals surface area contributed by atoms with E-state index in [1.807, 2.05) is 18.2 Å². The minimum atomic E-state index is -0.938. The Bertz CT molecular complexity index is 1050. The van der Waals surface area contributed by atoms with Crippen LogP contribution in [0.5, 0.6) is 0 Å². The molecule has 1 aliphatic rings. The average Bonchev–Trinajstić information content (AvgIpc) is 2.80. The molecule has 1 saturated heterocycles. The van der Waals surface area contributed by atoms with Crippen LogP contribution in [0.3, 0.4) is 0 Å².